The Hall–Kier alpha value is -1.85. The second-order valence-corrected chi connectivity index (χ2v) is 13.1. The molecule has 2 rings (SSSR count). The number of hydrogen-bond donors (Lipinski definition) is 1. The second-order valence-electron chi connectivity index (χ2n) is 9.85. The molecule has 1 aromatic rings. The third-order valence-corrected chi connectivity index (χ3v) is 9.19. The maximum absolute atomic E-state index is 13.9. The van der Waals surface area contributed by atoms with Gasteiger partial charge in [-0.1, -0.05) is 0 Å². The number of benzene rings is 1. The van der Waals surface area contributed by atoms with Crippen LogP contribution in [0, 0.1) is 10.7 Å². The van der Waals surface area contributed by atoms with E-state index in [0.717, 1.165) is 0 Å². The molecule has 44 heavy (non-hydrogen) atoms. The Morgan fingerprint density at radius 1 is 0.864 bits per heavy atom. The Balaban J connectivity index is 2.69. The molecule has 1 atom stereocenters. The van der Waals surface area contributed by atoms with Gasteiger partial charge in [-0.15, -0.1) is 0 Å². The fourth-order valence-electron chi connectivity index (χ4n) is 3.86. The van der Waals surface area contributed by atoms with E-state index >= 15 is 0 Å². The van der Waals surface area contributed by atoms with Crippen molar-refractivity contribution >= 4 is 109 Å². The van der Waals surface area contributed by atoms with Crippen LogP contribution in [0.25, 0.3) is 0 Å². The van der Waals surface area contributed by atoms with Crippen LogP contribution in [0.15, 0.2) is 0 Å². The number of anilines is 1. The second kappa shape index (κ2) is 17.2. The van der Waals surface area contributed by atoms with Crippen LogP contribution in [-0.4, -0.2) is 86.6 Å². The lowest BCUT2D eigenvalue weighted by Crippen LogP contribution is -2.45. The highest BCUT2D eigenvalue weighted by Gasteiger charge is 2.41. The van der Waals surface area contributed by atoms with Crippen LogP contribution in [0.4, 0.5) is 5.69 Å². The van der Waals surface area contributed by atoms with Crippen LogP contribution >= 0.6 is 67.8 Å². The minimum Gasteiger partial charge on any atom is -0.464 e. The molecule has 1 unspecified atom stereocenters. The van der Waals surface area contributed by atoms with Gasteiger partial charge in [0, 0.05) is 40.4 Å². The molecule has 14 nitrogen and oxygen atoms in total. The fraction of sp³-hybridized carbons (Fsp3) is 0.556. The Labute approximate surface area is 295 Å². The lowest BCUT2D eigenvalue weighted by Gasteiger charge is -2.30. The highest BCUT2D eigenvalue weighted by Crippen LogP contribution is 2.39. The van der Waals surface area contributed by atoms with Gasteiger partial charge in [0.25, 0.3) is 11.8 Å². The minimum atomic E-state index is -1.02. The Morgan fingerprint density at radius 2 is 1.41 bits per heavy atom. The van der Waals surface area contributed by atoms with Crippen molar-refractivity contribution in [3.05, 3.63) is 21.8 Å². The predicted octanol–water partition coefficient (Wildman–Crippen LogP) is 2.84. The van der Waals surface area contributed by atoms with Gasteiger partial charge in [-0.2, -0.15) is 0 Å². The molecule has 1 N–H and O–H groups in total. The molecule has 1 saturated heterocycles. The molecule has 1 heterocycles. The molecule has 17 heteroatoms. The standard InChI is InChI=1S/C27H33I3N2O12/c1-13(33)39-8-7-32(26(38)19-12-43-27(5,6)44-19)24-22(29)18(11-42-16(4)36)21(28)20(23(24)30)25(37)31-17(9-40-14(2)34)10-41-15(3)35/h17,19H,7-12H2,1-6H3,(H,31,37). The lowest BCUT2D eigenvalue weighted by molar-refractivity contribution is -0.152. The summed E-state index contributed by atoms with van der Waals surface area (Å²) in [5, 5.41) is 2.73. The van der Waals surface area contributed by atoms with Crippen molar-refractivity contribution in [1.82, 2.24) is 5.32 Å². The molecule has 1 aliphatic rings. The van der Waals surface area contributed by atoms with Gasteiger partial charge < -0.3 is 38.6 Å². The quantitative estimate of drug-likeness (QED) is 0.175. The molecule has 1 aromatic carbocycles. The zero-order valence-electron chi connectivity index (χ0n) is 24.9. The first kappa shape index (κ1) is 38.3. The number of amides is 2. The zero-order chi connectivity index (χ0) is 33.4. The monoisotopic (exact) mass is 958 g/mol. The fourth-order valence-corrected chi connectivity index (χ4v) is 8.41. The predicted molar refractivity (Wildman–Crippen MR) is 178 cm³/mol. The van der Waals surface area contributed by atoms with Crippen molar-refractivity contribution in [3.8, 4) is 0 Å². The average Bonchev–Trinajstić information content (AvgIpc) is 3.27. The van der Waals surface area contributed by atoms with Crippen LogP contribution in [-0.2, 0) is 59.0 Å². The van der Waals surface area contributed by atoms with Crippen molar-refractivity contribution in [2.24, 2.45) is 0 Å². The van der Waals surface area contributed by atoms with Crippen molar-refractivity contribution in [1.29, 1.82) is 0 Å². The maximum Gasteiger partial charge on any atom is 0.302 e. The van der Waals surface area contributed by atoms with Crippen LogP contribution in [0.5, 0.6) is 0 Å². The van der Waals surface area contributed by atoms with Gasteiger partial charge >= 0.3 is 23.9 Å². The smallest absolute Gasteiger partial charge is 0.302 e. The Morgan fingerprint density at radius 3 is 1.89 bits per heavy atom. The van der Waals surface area contributed by atoms with Gasteiger partial charge in [0.15, 0.2) is 11.9 Å². The number of halogens is 3. The number of esters is 4. The van der Waals surface area contributed by atoms with Crippen LogP contribution in [0.3, 0.4) is 0 Å². The summed E-state index contributed by atoms with van der Waals surface area (Å²) in [4.78, 5) is 75.3. The Bertz CT molecular complexity index is 1290. The number of nitrogens with one attached hydrogen (secondary N) is 1. The maximum atomic E-state index is 13.9. The zero-order valence-corrected chi connectivity index (χ0v) is 31.3. The highest BCUT2D eigenvalue weighted by molar-refractivity contribution is 14.1. The number of nitrogens with zero attached hydrogens (tertiary/aromatic N) is 1. The molecular formula is C27H33I3N2O12. The van der Waals surface area contributed by atoms with Crippen LogP contribution < -0.4 is 10.2 Å². The van der Waals surface area contributed by atoms with Gasteiger partial charge in [0.2, 0.25) is 0 Å². The normalized spacial score (nSPS) is 15.4. The van der Waals surface area contributed by atoms with E-state index in [2.05, 4.69) is 5.32 Å². The topological polar surface area (TPSA) is 173 Å². The van der Waals surface area contributed by atoms with E-state index in [-0.39, 0.29) is 45.1 Å². The summed E-state index contributed by atoms with van der Waals surface area (Å²) in [7, 11) is 0. The summed E-state index contributed by atoms with van der Waals surface area (Å²) >= 11 is 5.90. The first-order valence-corrected chi connectivity index (χ1v) is 16.4. The van der Waals surface area contributed by atoms with Gasteiger partial charge in [-0.3, -0.25) is 28.8 Å². The first-order valence-electron chi connectivity index (χ1n) is 13.1. The van der Waals surface area contributed by atoms with Crippen LogP contribution in [0.1, 0.15) is 57.5 Å². The highest BCUT2D eigenvalue weighted by atomic mass is 127. The molecule has 244 valence electrons. The van der Waals surface area contributed by atoms with Crippen molar-refractivity contribution < 1.29 is 57.2 Å². The van der Waals surface area contributed by atoms with E-state index in [0.29, 0.717) is 22.0 Å². The molecule has 1 fully saturated rings. The molecule has 2 amide bonds. The summed E-state index contributed by atoms with van der Waals surface area (Å²) in [6.07, 6.45) is -1.00. The van der Waals surface area contributed by atoms with Crippen LogP contribution in [0.2, 0.25) is 0 Å². The summed E-state index contributed by atoms with van der Waals surface area (Å²) in [5.41, 5.74) is 0.849. The van der Waals surface area contributed by atoms with Gasteiger partial charge in [0.05, 0.1) is 34.0 Å². The van der Waals surface area contributed by atoms with E-state index in [1.807, 2.05) is 67.8 Å². The third kappa shape index (κ3) is 11.2. The summed E-state index contributed by atoms with van der Waals surface area (Å²) < 4.78 is 33.2. The molecule has 1 aliphatic heterocycles. The van der Waals surface area contributed by atoms with Gasteiger partial charge in [0.1, 0.15) is 26.4 Å². The molecule has 0 spiro atoms. The first-order chi connectivity index (χ1) is 20.4. The van der Waals surface area contributed by atoms with E-state index in [1.54, 1.807) is 13.8 Å². The number of carbonyl (C=O) groups is 6. The molecular weight excluding hydrogens is 925 g/mol. The van der Waals surface area contributed by atoms with E-state index in [4.69, 9.17) is 28.4 Å². The SMILES string of the molecule is CC(=O)OCCN(C(=O)C1COC(C)(C)O1)c1c(I)c(COC(C)=O)c(I)c(C(=O)NC(COC(C)=O)COC(C)=O)c1I. The molecule has 0 bridgehead atoms. The van der Waals surface area contributed by atoms with Crippen molar-refractivity contribution in [3.63, 3.8) is 0 Å². The number of rotatable bonds is 13. The number of ether oxygens (including phenoxy) is 6. The number of carbonyl (C=O) groups excluding carboxylic acids is 6. The van der Waals surface area contributed by atoms with Crippen molar-refractivity contribution in [2.45, 2.75) is 66.1 Å². The summed E-state index contributed by atoms with van der Waals surface area (Å²) in [6, 6.07) is -0.908. The molecule has 0 radical (unpaired) electrons. The lowest BCUT2D eigenvalue weighted by atomic mass is 10.1. The Kier molecular flexibility index (Phi) is 15.0. The molecule has 0 aliphatic carbocycles. The number of hydrogen-bond acceptors (Lipinski definition) is 12. The average molecular weight is 958 g/mol. The molecule has 0 aromatic heterocycles. The summed E-state index contributed by atoms with van der Waals surface area (Å²) in [6.45, 7) is 7.15. The molecule has 0 saturated carbocycles. The summed E-state index contributed by atoms with van der Waals surface area (Å²) in [5.74, 6) is -4.47. The van der Waals surface area contributed by atoms with Gasteiger partial charge in [-0.05, 0) is 81.6 Å². The van der Waals surface area contributed by atoms with E-state index in [9.17, 15) is 28.8 Å². The third-order valence-electron chi connectivity index (χ3n) is 5.78. The largest absolute Gasteiger partial charge is 0.464 e. The van der Waals surface area contributed by atoms with Gasteiger partial charge in [-0.25, -0.2) is 0 Å². The minimum absolute atomic E-state index is 0.0327. The van der Waals surface area contributed by atoms with E-state index in [1.165, 1.54) is 32.6 Å². The van der Waals surface area contributed by atoms with E-state index < -0.39 is 53.6 Å². The van der Waals surface area contributed by atoms with Crippen molar-refractivity contribution in [2.75, 3.05) is 37.9 Å².